The van der Waals surface area contributed by atoms with Crippen molar-refractivity contribution in [2.24, 2.45) is 0 Å². The number of nitrogens with zero attached hydrogens (tertiary/aromatic N) is 1. The van der Waals surface area contributed by atoms with Crippen LogP contribution in [-0.2, 0) is 6.54 Å². The first kappa shape index (κ1) is 13.8. The highest BCUT2D eigenvalue weighted by Crippen LogP contribution is 2.32. The van der Waals surface area contributed by atoms with Gasteiger partial charge in [-0.1, -0.05) is 29.5 Å². The molecule has 2 N–H and O–H groups in total. The lowest BCUT2D eigenvalue weighted by atomic mass is 10.2. The number of para-hydroxylation sites is 1. The molecule has 0 unspecified atom stereocenters. The van der Waals surface area contributed by atoms with E-state index in [1.807, 2.05) is 42.5 Å². The third kappa shape index (κ3) is 2.91. The monoisotopic (exact) mass is 327 g/mol. The number of amides is 2. The predicted molar refractivity (Wildman–Crippen MR) is 88.0 cm³/mol. The second-order valence-electron chi connectivity index (χ2n) is 4.98. The van der Waals surface area contributed by atoms with Gasteiger partial charge in [0.25, 0.3) is 0 Å². The Balaban J connectivity index is 1.38. The minimum Gasteiger partial charge on any atom is -0.454 e. The third-order valence-electron chi connectivity index (χ3n) is 3.40. The first-order chi connectivity index (χ1) is 11.3. The summed E-state index contributed by atoms with van der Waals surface area (Å²) in [5.74, 6) is 1.43. The summed E-state index contributed by atoms with van der Waals surface area (Å²) in [7, 11) is 0. The van der Waals surface area contributed by atoms with E-state index < -0.39 is 0 Å². The second-order valence-corrected chi connectivity index (χ2v) is 6.01. The number of ether oxygens (including phenoxy) is 2. The highest BCUT2D eigenvalue weighted by Gasteiger charge is 2.13. The zero-order valence-electron chi connectivity index (χ0n) is 12.0. The summed E-state index contributed by atoms with van der Waals surface area (Å²) in [5.41, 5.74) is 1.82. The highest BCUT2D eigenvalue weighted by molar-refractivity contribution is 7.22. The number of hydrogen-bond acceptors (Lipinski definition) is 5. The molecule has 0 spiro atoms. The molecule has 1 aliphatic heterocycles. The molecule has 4 rings (SSSR count). The van der Waals surface area contributed by atoms with Crippen molar-refractivity contribution in [2.45, 2.75) is 6.54 Å². The lowest BCUT2D eigenvalue weighted by molar-refractivity contribution is 0.174. The van der Waals surface area contributed by atoms with Crippen molar-refractivity contribution < 1.29 is 14.3 Å². The summed E-state index contributed by atoms with van der Waals surface area (Å²) in [5, 5.41) is 6.14. The van der Waals surface area contributed by atoms with Gasteiger partial charge in [-0.2, -0.15) is 0 Å². The van der Waals surface area contributed by atoms with E-state index in [-0.39, 0.29) is 12.8 Å². The molecule has 1 aliphatic rings. The standard InChI is InChI=1S/C16H13N3O3S/c20-15(19-16-18-11-3-1-2-4-14(11)23-16)17-8-10-5-6-12-13(7-10)22-9-21-12/h1-7H,8-9H2,(H2,17,18,19,20). The molecular formula is C16H13N3O3S. The summed E-state index contributed by atoms with van der Waals surface area (Å²) in [4.78, 5) is 16.3. The van der Waals surface area contributed by atoms with Gasteiger partial charge in [0.15, 0.2) is 16.6 Å². The molecule has 0 fully saturated rings. The number of benzene rings is 2. The first-order valence-corrected chi connectivity index (χ1v) is 7.88. The van der Waals surface area contributed by atoms with Crippen molar-refractivity contribution in [3.05, 3.63) is 48.0 Å². The summed E-state index contributed by atoms with van der Waals surface area (Å²) < 4.78 is 11.6. The number of carbonyl (C=O) groups excluding carboxylic acids is 1. The van der Waals surface area contributed by atoms with Crippen molar-refractivity contribution in [2.75, 3.05) is 12.1 Å². The zero-order chi connectivity index (χ0) is 15.6. The number of carbonyl (C=O) groups is 1. The van der Waals surface area contributed by atoms with Gasteiger partial charge >= 0.3 is 6.03 Å². The van der Waals surface area contributed by atoms with Crippen LogP contribution >= 0.6 is 11.3 Å². The average Bonchev–Trinajstić information content (AvgIpc) is 3.18. The molecule has 1 aromatic heterocycles. The Labute approximate surface area is 136 Å². The van der Waals surface area contributed by atoms with Crippen molar-refractivity contribution in [3.8, 4) is 11.5 Å². The Morgan fingerprint density at radius 2 is 2.04 bits per heavy atom. The Bertz CT molecular complexity index is 845. The van der Waals surface area contributed by atoms with Crippen molar-refractivity contribution in [1.29, 1.82) is 0 Å². The van der Waals surface area contributed by atoms with Crippen LogP contribution in [0, 0.1) is 0 Å². The van der Waals surface area contributed by atoms with Crippen LogP contribution in [0.1, 0.15) is 5.56 Å². The number of rotatable bonds is 3. The van der Waals surface area contributed by atoms with Crippen LogP contribution in [0.5, 0.6) is 11.5 Å². The van der Waals surface area contributed by atoms with Gasteiger partial charge in [0.05, 0.1) is 10.2 Å². The van der Waals surface area contributed by atoms with Gasteiger partial charge in [0.2, 0.25) is 6.79 Å². The van der Waals surface area contributed by atoms with E-state index in [2.05, 4.69) is 15.6 Å². The van der Waals surface area contributed by atoms with Gasteiger partial charge in [-0.05, 0) is 29.8 Å². The van der Waals surface area contributed by atoms with Gasteiger partial charge in [-0.3, -0.25) is 5.32 Å². The van der Waals surface area contributed by atoms with Gasteiger partial charge in [0, 0.05) is 6.54 Å². The molecule has 2 amide bonds. The minimum absolute atomic E-state index is 0.240. The molecule has 2 aromatic carbocycles. The molecule has 2 heterocycles. The first-order valence-electron chi connectivity index (χ1n) is 7.07. The Morgan fingerprint density at radius 3 is 2.96 bits per heavy atom. The van der Waals surface area contributed by atoms with E-state index in [9.17, 15) is 4.79 Å². The number of aromatic nitrogens is 1. The smallest absolute Gasteiger partial charge is 0.321 e. The van der Waals surface area contributed by atoms with E-state index in [1.165, 1.54) is 11.3 Å². The van der Waals surface area contributed by atoms with Crippen LogP contribution in [0.15, 0.2) is 42.5 Å². The molecule has 0 aliphatic carbocycles. The summed E-state index contributed by atoms with van der Waals surface area (Å²) in [6.07, 6.45) is 0. The maximum atomic E-state index is 12.0. The molecule has 6 nitrogen and oxygen atoms in total. The molecule has 0 bridgehead atoms. The molecule has 116 valence electrons. The number of fused-ring (bicyclic) bond motifs is 2. The average molecular weight is 327 g/mol. The van der Waals surface area contributed by atoms with Crippen LogP contribution in [0.25, 0.3) is 10.2 Å². The zero-order valence-corrected chi connectivity index (χ0v) is 12.9. The van der Waals surface area contributed by atoms with Crippen LogP contribution in [0.4, 0.5) is 9.93 Å². The molecular weight excluding hydrogens is 314 g/mol. The Hall–Kier alpha value is -2.80. The van der Waals surface area contributed by atoms with E-state index >= 15 is 0 Å². The maximum Gasteiger partial charge on any atom is 0.321 e. The lowest BCUT2D eigenvalue weighted by Crippen LogP contribution is -2.28. The number of nitrogens with one attached hydrogen (secondary N) is 2. The number of thiazole rings is 1. The molecule has 23 heavy (non-hydrogen) atoms. The summed E-state index contributed by atoms with van der Waals surface area (Å²) in [6, 6.07) is 13.1. The predicted octanol–water partition coefficient (Wildman–Crippen LogP) is 3.35. The van der Waals surface area contributed by atoms with Gasteiger partial charge in [-0.15, -0.1) is 0 Å². The largest absolute Gasteiger partial charge is 0.454 e. The summed E-state index contributed by atoms with van der Waals surface area (Å²) in [6.45, 7) is 0.637. The van der Waals surface area contributed by atoms with Crippen molar-refractivity contribution >= 4 is 32.7 Å². The lowest BCUT2D eigenvalue weighted by Gasteiger charge is -2.06. The van der Waals surface area contributed by atoms with Crippen molar-refractivity contribution in [1.82, 2.24) is 10.3 Å². The van der Waals surface area contributed by atoms with Crippen LogP contribution in [0.2, 0.25) is 0 Å². The molecule has 0 atom stereocenters. The fourth-order valence-electron chi connectivity index (χ4n) is 2.30. The van der Waals surface area contributed by atoms with Gasteiger partial charge in [0.1, 0.15) is 0 Å². The van der Waals surface area contributed by atoms with Gasteiger partial charge in [-0.25, -0.2) is 9.78 Å². The molecule has 0 saturated heterocycles. The Kier molecular flexibility index (Phi) is 3.47. The van der Waals surface area contributed by atoms with Crippen LogP contribution in [-0.4, -0.2) is 17.8 Å². The van der Waals surface area contributed by atoms with E-state index in [0.717, 1.165) is 21.5 Å². The SMILES string of the molecule is O=C(NCc1ccc2c(c1)OCO2)Nc1nc2ccccc2s1. The highest BCUT2D eigenvalue weighted by atomic mass is 32.1. The quantitative estimate of drug-likeness (QED) is 0.774. The van der Waals surface area contributed by atoms with Crippen LogP contribution < -0.4 is 20.1 Å². The van der Waals surface area contributed by atoms with Crippen LogP contribution in [0.3, 0.4) is 0 Å². The topological polar surface area (TPSA) is 72.5 Å². The number of hydrogen-bond donors (Lipinski definition) is 2. The Morgan fingerprint density at radius 1 is 1.17 bits per heavy atom. The minimum atomic E-state index is -0.290. The molecule has 3 aromatic rings. The fourth-order valence-corrected chi connectivity index (χ4v) is 3.16. The summed E-state index contributed by atoms with van der Waals surface area (Å²) >= 11 is 1.44. The van der Waals surface area contributed by atoms with Gasteiger partial charge < -0.3 is 14.8 Å². The van der Waals surface area contributed by atoms with E-state index in [4.69, 9.17) is 9.47 Å². The maximum absolute atomic E-state index is 12.0. The molecule has 0 radical (unpaired) electrons. The van der Waals surface area contributed by atoms with E-state index in [1.54, 1.807) is 0 Å². The fraction of sp³-hybridized carbons (Fsp3) is 0.125. The second kappa shape index (κ2) is 5.77. The molecule has 0 saturated carbocycles. The normalized spacial score (nSPS) is 12.3. The number of urea groups is 1. The molecule has 7 heteroatoms. The van der Waals surface area contributed by atoms with Crippen molar-refractivity contribution in [3.63, 3.8) is 0 Å². The number of anilines is 1. The van der Waals surface area contributed by atoms with E-state index in [0.29, 0.717) is 17.4 Å². The third-order valence-corrected chi connectivity index (χ3v) is 4.36.